The lowest BCUT2D eigenvalue weighted by Gasteiger charge is -2.06. The van der Waals surface area contributed by atoms with Crippen LogP contribution in [-0.4, -0.2) is 19.5 Å². The molecule has 1 rings (SSSR count). The van der Waals surface area contributed by atoms with Gasteiger partial charge in [-0.15, -0.1) is 0 Å². The summed E-state index contributed by atoms with van der Waals surface area (Å²) < 4.78 is 5.16. The molecule has 0 spiro atoms. The van der Waals surface area contributed by atoms with Crippen LogP contribution in [0, 0.1) is 11.8 Å². The van der Waals surface area contributed by atoms with Crippen molar-refractivity contribution in [3.05, 3.63) is 0 Å². The largest absolute Gasteiger partial charge is 0.382 e. The van der Waals surface area contributed by atoms with E-state index < -0.39 is 0 Å². The highest BCUT2D eigenvalue weighted by atomic mass is 16.5. The van der Waals surface area contributed by atoms with Crippen LogP contribution in [0.2, 0.25) is 0 Å². The fraction of sp³-hybridized carbons (Fsp3) is 0.889. The molecule has 1 unspecified atom stereocenters. The molecule has 1 saturated carbocycles. The van der Waals surface area contributed by atoms with Crippen LogP contribution in [0.15, 0.2) is 0 Å². The minimum absolute atomic E-state index is 0.154. The second-order valence-corrected chi connectivity index (χ2v) is 3.05. The number of hydrogen-bond donors (Lipinski definition) is 0. The van der Waals surface area contributed by atoms with Gasteiger partial charge in [-0.05, 0) is 32.1 Å². The third-order valence-corrected chi connectivity index (χ3v) is 2.12. The summed E-state index contributed by atoms with van der Waals surface area (Å²) in [5, 5.41) is 0. The van der Waals surface area contributed by atoms with Crippen molar-refractivity contribution in [2.24, 2.45) is 11.8 Å². The van der Waals surface area contributed by atoms with Crippen molar-refractivity contribution in [2.45, 2.75) is 26.2 Å². The molecule has 1 aliphatic carbocycles. The molecule has 11 heavy (non-hydrogen) atoms. The molecule has 2 heteroatoms. The minimum Gasteiger partial charge on any atom is -0.382 e. The fourth-order valence-corrected chi connectivity index (χ4v) is 1.24. The summed E-state index contributed by atoms with van der Waals surface area (Å²) in [6, 6.07) is 0. The van der Waals surface area contributed by atoms with Gasteiger partial charge in [0.25, 0.3) is 0 Å². The minimum atomic E-state index is 0.154. The number of carbonyl (C=O) groups excluding carboxylic acids is 1. The lowest BCUT2D eigenvalue weighted by Crippen LogP contribution is -2.08. The zero-order chi connectivity index (χ0) is 8.10. The van der Waals surface area contributed by atoms with Crippen molar-refractivity contribution in [2.75, 3.05) is 13.2 Å². The van der Waals surface area contributed by atoms with Crippen molar-refractivity contribution in [3.63, 3.8) is 0 Å². The number of hydrogen-bond acceptors (Lipinski definition) is 2. The van der Waals surface area contributed by atoms with Gasteiger partial charge in [0.05, 0.1) is 0 Å². The summed E-state index contributed by atoms with van der Waals surface area (Å²) in [6.07, 6.45) is 5.38. The average Bonchev–Trinajstić information content (AvgIpc) is 2.81. The molecule has 0 aromatic carbocycles. The Bertz CT molecular complexity index is 119. The standard InChI is InChI=1S/C9H15O2/c1-2-11-6-5-9(7-10)8-3-4-8/h8-9H,2-6H2,1H3. The van der Waals surface area contributed by atoms with Gasteiger partial charge < -0.3 is 4.74 Å². The maximum absolute atomic E-state index is 10.4. The van der Waals surface area contributed by atoms with E-state index in [-0.39, 0.29) is 5.92 Å². The second kappa shape index (κ2) is 4.50. The van der Waals surface area contributed by atoms with E-state index in [1.165, 1.54) is 12.8 Å². The third kappa shape index (κ3) is 3.02. The predicted octanol–water partition coefficient (Wildman–Crippen LogP) is 1.55. The Hall–Kier alpha value is -0.370. The quantitative estimate of drug-likeness (QED) is 0.544. The van der Waals surface area contributed by atoms with Crippen LogP contribution in [0.5, 0.6) is 0 Å². The van der Waals surface area contributed by atoms with E-state index in [0.29, 0.717) is 12.5 Å². The molecule has 0 bridgehead atoms. The normalized spacial score (nSPS) is 19.7. The van der Waals surface area contributed by atoms with Crippen LogP contribution in [-0.2, 0) is 9.53 Å². The summed E-state index contributed by atoms with van der Waals surface area (Å²) in [4.78, 5) is 10.4. The molecule has 0 aromatic rings. The first kappa shape index (κ1) is 8.72. The van der Waals surface area contributed by atoms with Crippen LogP contribution in [0.3, 0.4) is 0 Å². The van der Waals surface area contributed by atoms with Gasteiger partial charge in [-0.2, -0.15) is 0 Å². The molecule has 1 atom stereocenters. The first-order valence-corrected chi connectivity index (χ1v) is 4.34. The topological polar surface area (TPSA) is 26.3 Å². The summed E-state index contributed by atoms with van der Waals surface area (Å²) in [5.41, 5.74) is 0. The Morgan fingerprint density at radius 2 is 2.36 bits per heavy atom. The van der Waals surface area contributed by atoms with Crippen LogP contribution in [0.1, 0.15) is 26.2 Å². The summed E-state index contributed by atoms with van der Waals surface area (Å²) in [6.45, 7) is 3.43. The molecule has 2 nitrogen and oxygen atoms in total. The van der Waals surface area contributed by atoms with Crippen LogP contribution in [0.4, 0.5) is 0 Å². The van der Waals surface area contributed by atoms with Crippen molar-refractivity contribution in [1.82, 2.24) is 0 Å². The van der Waals surface area contributed by atoms with Gasteiger partial charge in [0.2, 0.25) is 6.29 Å². The first-order valence-electron chi connectivity index (χ1n) is 4.34. The van der Waals surface area contributed by atoms with Gasteiger partial charge >= 0.3 is 0 Å². The van der Waals surface area contributed by atoms with Crippen molar-refractivity contribution >= 4 is 6.29 Å². The Kier molecular flexibility index (Phi) is 3.57. The maximum Gasteiger partial charge on any atom is 0.202 e. The molecule has 0 aromatic heterocycles. The SMILES string of the molecule is CCOCCC([C]=O)C1CC1. The summed E-state index contributed by atoms with van der Waals surface area (Å²) in [5.74, 6) is 0.787. The van der Waals surface area contributed by atoms with Crippen molar-refractivity contribution in [1.29, 1.82) is 0 Å². The first-order chi connectivity index (χ1) is 5.38. The van der Waals surface area contributed by atoms with Crippen molar-refractivity contribution in [3.8, 4) is 0 Å². The average molecular weight is 155 g/mol. The molecule has 0 aliphatic heterocycles. The Morgan fingerprint density at radius 3 is 2.82 bits per heavy atom. The highest BCUT2D eigenvalue weighted by Gasteiger charge is 2.30. The number of ether oxygens (including phenoxy) is 1. The molecule has 0 heterocycles. The fourth-order valence-electron chi connectivity index (χ4n) is 1.24. The lowest BCUT2D eigenvalue weighted by molar-refractivity contribution is 0.136. The van der Waals surface area contributed by atoms with E-state index in [9.17, 15) is 4.79 Å². The summed E-state index contributed by atoms with van der Waals surface area (Å²) in [7, 11) is 0. The number of rotatable bonds is 6. The Morgan fingerprint density at radius 1 is 1.64 bits per heavy atom. The van der Waals surface area contributed by atoms with Crippen LogP contribution < -0.4 is 0 Å². The molecule has 1 fully saturated rings. The summed E-state index contributed by atoms with van der Waals surface area (Å²) >= 11 is 0. The van der Waals surface area contributed by atoms with E-state index in [4.69, 9.17) is 4.74 Å². The highest BCUT2D eigenvalue weighted by molar-refractivity contribution is 5.55. The molecule has 63 valence electrons. The molecule has 0 saturated heterocycles. The van der Waals surface area contributed by atoms with E-state index in [0.717, 1.165) is 13.0 Å². The third-order valence-electron chi connectivity index (χ3n) is 2.12. The van der Waals surface area contributed by atoms with Gasteiger partial charge in [0.15, 0.2) is 0 Å². The van der Waals surface area contributed by atoms with Gasteiger partial charge in [0, 0.05) is 19.1 Å². The Labute approximate surface area is 67.9 Å². The molecule has 1 radical (unpaired) electrons. The molecule has 0 amide bonds. The van der Waals surface area contributed by atoms with E-state index >= 15 is 0 Å². The van der Waals surface area contributed by atoms with Gasteiger partial charge in [-0.3, -0.25) is 4.79 Å². The van der Waals surface area contributed by atoms with Gasteiger partial charge in [0.1, 0.15) is 0 Å². The monoisotopic (exact) mass is 155 g/mol. The van der Waals surface area contributed by atoms with E-state index in [1.807, 2.05) is 6.92 Å². The van der Waals surface area contributed by atoms with Crippen LogP contribution in [0.25, 0.3) is 0 Å². The molecular formula is C9H15O2. The zero-order valence-corrected chi connectivity index (χ0v) is 7.01. The molecule has 1 aliphatic rings. The molecular weight excluding hydrogens is 140 g/mol. The van der Waals surface area contributed by atoms with Crippen LogP contribution >= 0.6 is 0 Å². The Balaban J connectivity index is 2.05. The zero-order valence-electron chi connectivity index (χ0n) is 7.01. The second-order valence-electron chi connectivity index (χ2n) is 3.05. The van der Waals surface area contributed by atoms with Gasteiger partial charge in [-0.25, -0.2) is 0 Å². The van der Waals surface area contributed by atoms with Gasteiger partial charge in [-0.1, -0.05) is 0 Å². The smallest absolute Gasteiger partial charge is 0.202 e. The lowest BCUT2D eigenvalue weighted by atomic mass is 10.0. The highest BCUT2D eigenvalue weighted by Crippen LogP contribution is 2.37. The van der Waals surface area contributed by atoms with E-state index in [1.54, 1.807) is 0 Å². The predicted molar refractivity (Wildman–Crippen MR) is 43.0 cm³/mol. The van der Waals surface area contributed by atoms with Crippen molar-refractivity contribution < 1.29 is 9.53 Å². The maximum atomic E-state index is 10.4. The van der Waals surface area contributed by atoms with E-state index in [2.05, 4.69) is 6.29 Å². The molecule has 0 N–H and O–H groups in total.